The molecule has 0 aromatic heterocycles. The summed E-state index contributed by atoms with van der Waals surface area (Å²) < 4.78 is 19.4. The summed E-state index contributed by atoms with van der Waals surface area (Å²) in [5, 5.41) is 0. The van der Waals surface area contributed by atoms with Gasteiger partial charge in [0.2, 0.25) is 6.79 Å². The molecule has 1 aliphatic heterocycles. The second kappa shape index (κ2) is 7.33. The van der Waals surface area contributed by atoms with E-state index in [0.717, 1.165) is 11.3 Å². The number of ether oxygens (including phenoxy) is 4. The van der Waals surface area contributed by atoms with Crippen LogP contribution in [0, 0.1) is 0 Å². The van der Waals surface area contributed by atoms with Crippen molar-refractivity contribution in [3.63, 3.8) is 0 Å². The van der Waals surface area contributed by atoms with Crippen molar-refractivity contribution in [1.29, 1.82) is 0 Å². The van der Waals surface area contributed by atoms with Gasteiger partial charge >= 0.3 is 12.1 Å². The van der Waals surface area contributed by atoms with E-state index in [0.29, 0.717) is 12.2 Å². The van der Waals surface area contributed by atoms with Gasteiger partial charge in [-0.25, -0.2) is 4.79 Å². The van der Waals surface area contributed by atoms with Gasteiger partial charge < -0.3 is 18.9 Å². The Balaban J connectivity index is 1.75. The first kappa shape index (κ1) is 14.9. The summed E-state index contributed by atoms with van der Waals surface area (Å²) in [6.07, 6.45) is 3.30. The summed E-state index contributed by atoms with van der Waals surface area (Å²) in [5.41, 5.74) is 0.943. The van der Waals surface area contributed by atoms with Crippen molar-refractivity contribution in [1.82, 2.24) is 0 Å². The number of esters is 1. The molecule has 0 saturated heterocycles. The largest absolute Gasteiger partial charge is 0.516 e. The molecule has 21 heavy (non-hydrogen) atoms. The van der Waals surface area contributed by atoms with Crippen molar-refractivity contribution in [3.8, 4) is 11.5 Å². The van der Waals surface area contributed by atoms with Gasteiger partial charge in [0.05, 0.1) is 6.61 Å². The van der Waals surface area contributed by atoms with E-state index in [2.05, 4.69) is 9.47 Å². The normalized spacial score (nSPS) is 12.4. The van der Waals surface area contributed by atoms with E-state index in [1.807, 2.05) is 30.4 Å². The number of benzene rings is 1. The van der Waals surface area contributed by atoms with Gasteiger partial charge in [0.1, 0.15) is 0 Å². The van der Waals surface area contributed by atoms with Crippen LogP contribution in [0.25, 0.3) is 6.08 Å². The second-order valence-corrected chi connectivity index (χ2v) is 4.21. The average Bonchev–Trinajstić information content (AvgIpc) is 2.91. The highest BCUT2D eigenvalue weighted by Gasteiger charge is 2.12. The summed E-state index contributed by atoms with van der Waals surface area (Å²) in [5.74, 6) is 0.827. The summed E-state index contributed by atoms with van der Waals surface area (Å²) >= 11 is 0. The number of allylic oxidation sites excluding steroid dienone is 1. The van der Waals surface area contributed by atoms with Crippen LogP contribution < -0.4 is 9.47 Å². The SMILES string of the molecule is CCOC(=O)OC(=O)CC/C=C/c1ccc2c(c1)OCO2. The van der Waals surface area contributed by atoms with Crippen LogP contribution in [0.1, 0.15) is 25.3 Å². The fourth-order valence-electron chi connectivity index (χ4n) is 1.73. The molecule has 1 heterocycles. The first-order valence-corrected chi connectivity index (χ1v) is 6.62. The third-order valence-electron chi connectivity index (χ3n) is 2.68. The number of hydrogen-bond donors (Lipinski definition) is 0. The molecule has 1 aromatic rings. The first-order valence-electron chi connectivity index (χ1n) is 6.62. The van der Waals surface area contributed by atoms with Crippen molar-refractivity contribution in [2.24, 2.45) is 0 Å². The highest BCUT2D eigenvalue weighted by Crippen LogP contribution is 2.32. The van der Waals surface area contributed by atoms with Crippen LogP contribution in [0.4, 0.5) is 4.79 Å². The van der Waals surface area contributed by atoms with E-state index in [1.165, 1.54) is 0 Å². The van der Waals surface area contributed by atoms with Crippen LogP contribution in [0.5, 0.6) is 11.5 Å². The van der Waals surface area contributed by atoms with Gasteiger partial charge in [-0.3, -0.25) is 4.79 Å². The van der Waals surface area contributed by atoms with Crippen molar-refractivity contribution < 1.29 is 28.5 Å². The maximum atomic E-state index is 11.3. The van der Waals surface area contributed by atoms with Crippen molar-refractivity contribution in [3.05, 3.63) is 29.8 Å². The van der Waals surface area contributed by atoms with Gasteiger partial charge in [0, 0.05) is 6.42 Å². The Hall–Kier alpha value is -2.50. The third kappa shape index (κ3) is 4.52. The van der Waals surface area contributed by atoms with E-state index in [1.54, 1.807) is 6.92 Å². The van der Waals surface area contributed by atoms with Crippen LogP contribution in [-0.2, 0) is 14.3 Å². The monoisotopic (exact) mass is 292 g/mol. The molecule has 0 spiro atoms. The maximum Gasteiger partial charge on any atom is 0.516 e. The molecule has 0 radical (unpaired) electrons. The fraction of sp³-hybridized carbons (Fsp3) is 0.333. The molecule has 0 atom stereocenters. The van der Waals surface area contributed by atoms with Gasteiger partial charge in [-0.1, -0.05) is 18.2 Å². The van der Waals surface area contributed by atoms with E-state index < -0.39 is 12.1 Å². The molecular weight excluding hydrogens is 276 g/mol. The number of carbonyl (C=O) groups excluding carboxylic acids is 2. The Morgan fingerprint density at radius 2 is 2.10 bits per heavy atom. The molecular formula is C15H16O6. The van der Waals surface area contributed by atoms with Crippen molar-refractivity contribution >= 4 is 18.2 Å². The summed E-state index contributed by atoms with van der Waals surface area (Å²) in [4.78, 5) is 22.2. The van der Waals surface area contributed by atoms with E-state index in [9.17, 15) is 9.59 Å². The minimum atomic E-state index is -0.956. The Bertz CT molecular complexity index is 549. The highest BCUT2D eigenvalue weighted by molar-refractivity contribution is 5.81. The number of fused-ring (bicyclic) bond motifs is 1. The molecule has 0 aliphatic carbocycles. The molecule has 0 fully saturated rings. The number of hydrogen-bond acceptors (Lipinski definition) is 6. The zero-order valence-corrected chi connectivity index (χ0v) is 11.7. The van der Waals surface area contributed by atoms with Crippen LogP contribution >= 0.6 is 0 Å². The van der Waals surface area contributed by atoms with Crippen LogP contribution in [0.15, 0.2) is 24.3 Å². The summed E-state index contributed by atoms with van der Waals surface area (Å²) in [6, 6.07) is 5.58. The highest BCUT2D eigenvalue weighted by atomic mass is 16.7. The molecule has 1 aliphatic rings. The van der Waals surface area contributed by atoms with Crippen LogP contribution in [0.2, 0.25) is 0 Å². The molecule has 0 saturated carbocycles. The van der Waals surface area contributed by atoms with Crippen molar-refractivity contribution in [2.45, 2.75) is 19.8 Å². The van der Waals surface area contributed by atoms with E-state index >= 15 is 0 Å². The zero-order valence-electron chi connectivity index (χ0n) is 11.7. The predicted octanol–water partition coefficient (Wildman–Crippen LogP) is 2.91. The second-order valence-electron chi connectivity index (χ2n) is 4.21. The first-order chi connectivity index (χ1) is 10.2. The average molecular weight is 292 g/mol. The third-order valence-corrected chi connectivity index (χ3v) is 2.68. The van der Waals surface area contributed by atoms with Gasteiger partial charge in [0.25, 0.3) is 0 Å². The van der Waals surface area contributed by atoms with Crippen LogP contribution in [-0.4, -0.2) is 25.5 Å². The van der Waals surface area contributed by atoms with Gasteiger partial charge in [-0.05, 0) is 31.0 Å². The molecule has 112 valence electrons. The minimum Gasteiger partial charge on any atom is -0.454 e. The standard InChI is InChI=1S/C15H16O6/c1-2-18-15(17)21-14(16)6-4-3-5-11-7-8-12-13(9-11)20-10-19-12/h3,5,7-9H,2,4,6,10H2,1H3/b5-3+. The molecule has 6 nitrogen and oxygen atoms in total. The van der Waals surface area contributed by atoms with Gasteiger partial charge in [-0.15, -0.1) is 0 Å². The zero-order chi connectivity index (χ0) is 15.1. The molecule has 6 heteroatoms. The predicted molar refractivity (Wildman–Crippen MR) is 73.9 cm³/mol. The lowest BCUT2D eigenvalue weighted by atomic mass is 10.1. The lowest BCUT2D eigenvalue weighted by molar-refractivity contribution is -0.139. The molecule has 1 aromatic carbocycles. The van der Waals surface area contributed by atoms with Crippen molar-refractivity contribution in [2.75, 3.05) is 13.4 Å². The Kier molecular flexibility index (Phi) is 5.20. The van der Waals surface area contributed by atoms with E-state index in [4.69, 9.17) is 9.47 Å². The Labute approximate surface area is 122 Å². The quantitative estimate of drug-likeness (QED) is 0.614. The minimum absolute atomic E-state index is 0.111. The van der Waals surface area contributed by atoms with Gasteiger partial charge in [0.15, 0.2) is 11.5 Å². The molecule has 2 rings (SSSR count). The smallest absolute Gasteiger partial charge is 0.454 e. The molecule has 0 bridgehead atoms. The number of rotatable bonds is 5. The summed E-state index contributed by atoms with van der Waals surface area (Å²) in [7, 11) is 0. The lowest BCUT2D eigenvalue weighted by Gasteiger charge is -2.01. The van der Waals surface area contributed by atoms with E-state index in [-0.39, 0.29) is 19.8 Å². The fourth-order valence-corrected chi connectivity index (χ4v) is 1.73. The molecule has 0 N–H and O–H groups in total. The van der Waals surface area contributed by atoms with Gasteiger partial charge in [-0.2, -0.15) is 0 Å². The molecule has 0 amide bonds. The summed E-state index contributed by atoms with van der Waals surface area (Å²) in [6.45, 7) is 2.05. The Morgan fingerprint density at radius 3 is 2.90 bits per heavy atom. The maximum absolute atomic E-state index is 11.3. The topological polar surface area (TPSA) is 71.1 Å². The number of carbonyl (C=O) groups is 2. The Morgan fingerprint density at radius 1 is 1.29 bits per heavy atom. The molecule has 0 unspecified atom stereocenters. The van der Waals surface area contributed by atoms with Crippen LogP contribution in [0.3, 0.4) is 0 Å². The lowest BCUT2D eigenvalue weighted by Crippen LogP contribution is -2.13.